The molecule has 176 valence electrons. The molecule has 0 aliphatic heterocycles. The first-order chi connectivity index (χ1) is 15.3. The summed E-state index contributed by atoms with van der Waals surface area (Å²) in [4.78, 5) is 2.01. The van der Waals surface area contributed by atoms with Gasteiger partial charge >= 0.3 is 0 Å². The highest BCUT2D eigenvalue weighted by Gasteiger charge is 2.24. The fourth-order valence-electron chi connectivity index (χ4n) is 4.17. The number of phenolic OH excluding ortho intramolecular Hbond substituents is 3. The van der Waals surface area contributed by atoms with Crippen LogP contribution in [0.2, 0.25) is 0 Å². The summed E-state index contributed by atoms with van der Waals surface area (Å²) in [5.74, 6) is 0.711. The number of rotatable bonds is 5. The lowest BCUT2D eigenvalue weighted by molar-refractivity contribution is 0.435. The van der Waals surface area contributed by atoms with Gasteiger partial charge in [-0.25, -0.2) is 0 Å². The average Bonchev–Trinajstić information content (AvgIpc) is 2.70. The summed E-state index contributed by atoms with van der Waals surface area (Å²) in [7, 11) is 0. The largest absolute Gasteiger partial charge is 0.507 e. The Balaban J connectivity index is 2.09. The topological polar surface area (TPSA) is 63.9 Å². The zero-order chi connectivity index (χ0) is 24.6. The fraction of sp³-hybridized carbons (Fsp3) is 0.379. The predicted molar refractivity (Wildman–Crippen MR) is 136 cm³/mol. The molecule has 0 aliphatic carbocycles. The smallest absolute Gasteiger partial charge is 0.138 e. The third-order valence-corrected chi connectivity index (χ3v) is 6.05. The van der Waals surface area contributed by atoms with E-state index in [4.69, 9.17) is 0 Å². The van der Waals surface area contributed by atoms with Gasteiger partial charge < -0.3 is 20.2 Å². The van der Waals surface area contributed by atoms with E-state index in [1.807, 2.05) is 60.4 Å². The molecule has 0 saturated carbocycles. The summed E-state index contributed by atoms with van der Waals surface area (Å²) in [5, 5.41) is 32.9. The first-order valence-corrected chi connectivity index (χ1v) is 11.5. The summed E-state index contributed by atoms with van der Waals surface area (Å²) in [5.41, 5.74) is 4.59. The molecule has 0 unspecified atom stereocenters. The molecule has 0 saturated heterocycles. The second kappa shape index (κ2) is 9.01. The molecular weight excluding hydrogens is 410 g/mol. The molecule has 0 bridgehead atoms. The maximum Gasteiger partial charge on any atom is 0.138 e. The molecule has 0 atom stereocenters. The molecule has 0 radical (unpaired) electrons. The van der Waals surface area contributed by atoms with Gasteiger partial charge in [0.2, 0.25) is 0 Å². The first kappa shape index (κ1) is 24.5. The van der Waals surface area contributed by atoms with Gasteiger partial charge in [0.25, 0.3) is 0 Å². The molecular formula is C29H37NO3. The lowest BCUT2D eigenvalue weighted by Crippen LogP contribution is -2.23. The lowest BCUT2D eigenvalue weighted by atomic mass is 9.85. The molecule has 4 nitrogen and oxygen atoms in total. The van der Waals surface area contributed by atoms with Gasteiger partial charge in [0.15, 0.2) is 0 Å². The zero-order valence-corrected chi connectivity index (χ0v) is 20.9. The van der Waals surface area contributed by atoms with Crippen molar-refractivity contribution in [1.82, 2.24) is 0 Å². The summed E-state index contributed by atoms with van der Waals surface area (Å²) < 4.78 is 0. The van der Waals surface area contributed by atoms with Crippen molar-refractivity contribution in [1.29, 1.82) is 0 Å². The minimum atomic E-state index is -0.199. The Hall–Kier alpha value is -3.14. The van der Waals surface area contributed by atoms with Crippen LogP contribution in [0.4, 0.5) is 5.69 Å². The van der Waals surface area contributed by atoms with Gasteiger partial charge in [0, 0.05) is 24.2 Å². The Kier molecular flexibility index (Phi) is 6.69. The van der Waals surface area contributed by atoms with Crippen LogP contribution in [0.15, 0.2) is 54.6 Å². The Morgan fingerprint density at radius 2 is 1.12 bits per heavy atom. The average molecular weight is 448 g/mol. The second-order valence-corrected chi connectivity index (χ2v) is 11.0. The van der Waals surface area contributed by atoms with E-state index in [2.05, 4.69) is 41.5 Å². The third kappa shape index (κ3) is 5.44. The molecule has 0 aliphatic rings. The van der Waals surface area contributed by atoms with E-state index in [0.29, 0.717) is 18.8 Å². The van der Waals surface area contributed by atoms with E-state index in [1.165, 1.54) is 0 Å². The van der Waals surface area contributed by atoms with Gasteiger partial charge in [-0.15, -0.1) is 0 Å². The van der Waals surface area contributed by atoms with Crippen LogP contribution in [0, 0.1) is 6.92 Å². The van der Waals surface area contributed by atoms with Gasteiger partial charge in [-0.1, -0.05) is 84.0 Å². The number of nitrogens with zero attached hydrogens (tertiary/aromatic N) is 1. The fourth-order valence-corrected chi connectivity index (χ4v) is 4.17. The number of aromatic hydroxyl groups is 3. The maximum atomic E-state index is 11.1. The van der Waals surface area contributed by atoms with Crippen LogP contribution in [0.3, 0.4) is 0 Å². The Morgan fingerprint density at radius 1 is 0.667 bits per heavy atom. The van der Waals surface area contributed by atoms with E-state index in [1.54, 1.807) is 6.07 Å². The minimum absolute atomic E-state index is 0.165. The quantitative estimate of drug-likeness (QED) is 0.397. The van der Waals surface area contributed by atoms with Crippen molar-refractivity contribution in [2.24, 2.45) is 0 Å². The van der Waals surface area contributed by atoms with Crippen molar-refractivity contribution < 1.29 is 15.3 Å². The van der Waals surface area contributed by atoms with Crippen molar-refractivity contribution in [3.05, 3.63) is 82.4 Å². The number of benzene rings is 3. The van der Waals surface area contributed by atoms with Crippen molar-refractivity contribution >= 4 is 5.69 Å². The summed E-state index contributed by atoms with van der Waals surface area (Å²) >= 11 is 0. The van der Waals surface area contributed by atoms with E-state index in [9.17, 15) is 15.3 Å². The Labute approximate surface area is 198 Å². The molecule has 3 aromatic carbocycles. The van der Waals surface area contributed by atoms with E-state index >= 15 is 0 Å². The highest BCUT2D eigenvalue weighted by Crippen LogP contribution is 2.38. The van der Waals surface area contributed by atoms with Crippen LogP contribution in [0.25, 0.3) is 0 Å². The van der Waals surface area contributed by atoms with Crippen LogP contribution in [-0.2, 0) is 23.9 Å². The van der Waals surface area contributed by atoms with E-state index in [0.717, 1.165) is 27.8 Å². The van der Waals surface area contributed by atoms with Crippen LogP contribution in [-0.4, -0.2) is 15.3 Å². The number of anilines is 1. The summed E-state index contributed by atoms with van der Waals surface area (Å²) in [6.07, 6.45) is 0. The van der Waals surface area contributed by atoms with Crippen molar-refractivity contribution in [3.63, 3.8) is 0 Å². The van der Waals surface area contributed by atoms with Crippen LogP contribution >= 0.6 is 0 Å². The van der Waals surface area contributed by atoms with Crippen LogP contribution in [0.5, 0.6) is 17.2 Å². The normalized spacial score (nSPS) is 12.1. The van der Waals surface area contributed by atoms with Gasteiger partial charge in [0.1, 0.15) is 17.2 Å². The SMILES string of the molecule is Cc1ccc(O)c(N(Cc2cccc(C(C)(C)C)c2O)Cc2cccc(C(C)(C)C)c2O)c1. The monoisotopic (exact) mass is 447 g/mol. The van der Waals surface area contributed by atoms with Gasteiger partial charge in [-0.3, -0.25) is 0 Å². The number of para-hydroxylation sites is 2. The Morgan fingerprint density at radius 3 is 1.55 bits per heavy atom. The molecule has 33 heavy (non-hydrogen) atoms. The summed E-state index contributed by atoms with van der Waals surface area (Å²) in [6.45, 7) is 15.2. The zero-order valence-electron chi connectivity index (χ0n) is 20.9. The molecule has 3 N–H and O–H groups in total. The number of aryl methyl sites for hydroxylation is 1. The molecule has 3 rings (SSSR count). The van der Waals surface area contributed by atoms with Crippen molar-refractivity contribution in [2.75, 3.05) is 4.90 Å². The molecule has 0 amide bonds. The summed E-state index contributed by atoms with van der Waals surface area (Å²) in [6, 6.07) is 17.1. The van der Waals surface area contributed by atoms with Crippen LogP contribution < -0.4 is 4.90 Å². The van der Waals surface area contributed by atoms with E-state index in [-0.39, 0.29) is 28.1 Å². The number of phenols is 3. The molecule has 0 fully saturated rings. The van der Waals surface area contributed by atoms with Gasteiger partial charge in [0.05, 0.1) is 5.69 Å². The minimum Gasteiger partial charge on any atom is -0.507 e. The number of hydrogen-bond donors (Lipinski definition) is 3. The molecule has 0 aromatic heterocycles. The van der Waals surface area contributed by atoms with Gasteiger partial charge in [-0.05, 0) is 46.6 Å². The van der Waals surface area contributed by atoms with Crippen molar-refractivity contribution in [2.45, 2.75) is 72.4 Å². The third-order valence-electron chi connectivity index (χ3n) is 6.05. The molecule has 3 aromatic rings. The van der Waals surface area contributed by atoms with Crippen LogP contribution in [0.1, 0.15) is 69.4 Å². The molecule has 0 spiro atoms. The Bertz CT molecular complexity index is 1070. The first-order valence-electron chi connectivity index (χ1n) is 11.5. The predicted octanol–water partition coefficient (Wildman–Crippen LogP) is 6.91. The standard InChI is InChI=1S/C29H37NO3/c1-19-14-15-25(31)24(16-19)30(17-20-10-8-12-22(26(20)32)28(2,3)4)18-21-11-9-13-23(27(21)33)29(5,6)7/h8-16,31-33H,17-18H2,1-7H3. The second-order valence-electron chi connectivity index (χ2n) is 11.0. The lowest BCUT2D eigenvalue weighted by Gasteiger charge is -2.29. The maximum absolute atomic E-state index is 11.1. The molecule has 0 heterocycles. The highest BCUT2D eigenvalue weighted by molar-refractivity contribution is 5.61. The van der Waals surface area contributed by atoms with Crippen molar-refractivity contribution in [3.8, 4) is 17.2 Å². The molecule has 4 heteroatoms. The highest BCUT2D eigenvalue weighted by atomic mass is 16.3. The van der Waals surface area contributed by atoms with Gasteiger partial charge in [-0.2, -0.15) is 0 Å². The number of hydrogen-bond acceptors (Lipinski definition) is 4. The van der Waals surface area contributed by atoms with E-state index < -0.39 is 0 Å².